The Balaban J connectivity index is 4.22. The van der Waals surface area contributed by atoms with Crippen molar-refractivity contribution in [3.05, 3.63) is 12.2 Å². The Morgan fingerprint density at radius 2 is 1.00 bits per heavy atom. The first-order chi connectivity index (χ1) is 17.1. The number of carboxylic acids is 3. The lowest BCUT2D eigenvalue weighted by Crippen LogP contribution is -2.72. The van der Waals surface area contributed by atoms with Gasteiger partial charge in [-0.05, 0) is 59.3 Å². The van der Waals surface area contributed by atoms with E-state index in [4.69, 9.17) is 0 Å². The summed E-state index contributed by atoms with van der Waals surface area (Å²) in [6.45, 7) is 6.57. The summed E-state index contributed by atoms with van der Waals surface area (Å²) in [5.74, 6) is -3.82. The van der Waals surface area contributed by atoms with Crippen LogP contribution >= 0.6 is 0 Å². The first-order valence-corrected chi connectivity index (χ1v) is 14.3. The maximum atomic E-state index is 11.8. The smallest absolute Gasteiger partial charge is 0.362 e. The van der Waals surface area contributed by atoms with Crippen molar-refractivity contribution in [2.75, 3.05) is 6.54 Å². The van der Waals surface area contributed by atoms with Crippen molar-refractivity contribution in [1.29, 1.82) is 0 Å². The molecule has 0 aliphatic rings. The average molecular weight is 512 g/mol. The molecule has 210 valence electrons. The highest BCUT2D eigenvalue weighted by molar-refractivity contribution is 5.76. The largest absolute Gasteiger partial charge is 0.544 e. The van der Waals surface area contributed by atoms with Gasteiger partial charge in [0.15, 0.2) is 12.1 Å². The molecule has 0 radical (unpaired) electrons. The molecule has 0 rings (SSSR count). The lowest BCUT2D eigenvalue weighted by Gasteiger charge is -2.49. The normalized spacial score (nSPS) is 15.9. The minimum absolute atomic E-state index is 0.183. The summed E-state index contributed by atoms with van der Waals surface area (Å²) in [7, 11) is 0. The van der Waals surface area contributed by atoms with E-state index < -0.39 is 40.5 Å². The van der Waals surface area contributed by atoms with Crippen LogP contribution in [0.1, 0.15) is 130 Å². The van der Waals surface area contributed by atoms with Crippen molar-refractivity contribution in [2.45, 2.75) is 149 Å². The molecule has 0 bridgehead atoms. The molecule has 0 spiro atoms. The SMILES string of the molecule is CCCCCCC/C=C/CCCCCCCCCCC[N+](C(C)C(=O)[O-])(C(C)C(=O)O)C(C)C(=O)O. The highest BCUT2D eigenvalue weighted by Crippen LogP contribution is 2.27. The molecule has 0 saturated carbocycles. The molecule has 0 aromatic rings. The third-order valence-electron chi connectivity index (χ3n) is 7.78. The van der Waals surface area contributed by atoms with Crippen molar-refractivity contribution in [1.82, 2.24) is 0 Å². The summed E-state index contributed by atoms with van der Waals surface area (Å²) in [6.07, 6.45) is 23.3. The maximum Gasteiger partial charge on any atom is 0.362 e. The first-order valence-electron chi connectivity index (χ1n) is 14.3. The van der Waals surface area contributed by atoms with Gasteiger partial charge in [-0.2, -0.15) is 0 Å². The number of unbranched alkanes of at least 4 members (excludes halogenated alkanes) is 14. The summed E-state index contributed by atoms with van der Waals surface area (Å²) < 4.78 is -0.541. The van der Waals surface area contributed by atoms with Crippen LogP contribution in [0.2, 0.25) is 0 Å². The Labute approximate surface area is 219 Å². The van der Waals surface area contributed by atoms with Crippen molar-refractivity contribution in [2.24, 2.45) is 0 Å². The zero-order valence-corrected chi connectivity index (χ0v) is 23.4. The van der Waals surface area contributed by atoms with Crippen molar-refractivity contribution >= 4 is 17.9 Å². The number of nitrogens with zero attached hydrogens (tertiary/aromatic N) is 1. The predicted molar refractivity (Wildman–Crippen MR) is 142 cm³/mol. The number of carbonyl (C=O) groups excluding carboxylic acids is 1. The summed E-state index contributed by atoms with van der Waals surface area (Å²) in [5, 5.41) is 30.9. The van der Waals surface area contributed by atoms with Gasteiger partial charge in [0.05, 0.1) is 12.5 Å². The van der Waals surface area contributed by atoms with Crippen LogP contribution in [0.3, 0.4) is 0 Å². The van der Waals surface area contributed by atoms with Crippen LogP contribution in [0.25, 0.3) is 0 Å². The number of hydrogen-bond donors (Lipinski definition) is 2. The fraction of sp³-hybridized carbons (Fsp3) is 0.828. The third kappa shape index (κ3) is 12.9. The quantitative estimate of drug-likeness (QED) is 0.0975. The van der Waals surface area contributed by atoms with E-state index in [0.29, 0.717) is 6.42 Å². The molecule has 2 N–H and O–H groups in total. The molecule has 0 fully saturated rings. The average Bonchev–Trinajstić information content (AvgIpc) is 2.84. The molecular formula is C29H53NO6. The topological polar surface area (TPSA) is 115 Å². The monoisotopic (exact) mass is 511 g/mol. The molecule has 7 heteroatoms. The van der Waals surface area contributed by atoms with Crippen LogP contribution in [0.15, 0.2) is 12.2 Å². The van der Waals surface area contributed by atoms with E-state index in [1.165, 1.54) is 91.4 Å². The van der Waals surface area contributed by atoms with Gasteiger partial charge in [0.1, 0.15) is 6.04 Å². The predicted octanol–water partition coefficient (Wildman–Crippen LogP) is 5.71. The van der Waals surface area contributed by atoms with E-state index in [1.54, 1.807) is 0 Å². The number of rotatable bonds is 24. The second-order valence-corrected chi connectivity index (χ2v) is 10.4. The molecule has 0 aromatic carbocycles. The highest BCUT2D eigenvalue weighted by Gasteiger charge is 2.50. The van der Waals surface area contributed by atoms with Gasteiger partial charge in [0.25, 0.3) is 0 Å². The third-order valence-corrected chi connectivity index (χ3v) is 7.78. The zero-order chi connectivity index (χ0) is 27.4. The van der Waals surface area contributed by atoms with E-state index in [2.05, 4.69) is 19.1 Å². The fourth-order valence-electron chi connectivity index (χ4n) is 5.18. The molecule has 3 unspecified atom stereocenters. The molecular weight excluding hydrogens is 458 g/mol. The number of aliphatic carboxylic acids is 3. The van der Waals surface area contributed by atoms with E-state index in [9.17, 15) is 29.7 Å². The van der Waals surface area contributed by atoms with Gasteiger partial charge in [-0.15, -0.1) is 0 Å². The molecule has 0 aliphatic carbocycles. The Hall–Kier alpha value is -1.89. The van der Waals surface area contributed by atoms with Gasteiger partial charge < -0.3 is 20.1 Å². The number of quaternary nitrogens is 1. The zero-order valence-electron chi connectivity index (χ0n) is 23.4. The van der Waals surface area contributed by atoms with E-state index in [0.717, 1.165) is 25.7 Å². The molecule has 0 amide bonds. The summed E-state index contributed by atoms with van der Waals surface area (Å²) >= 11 is 0. The van der Waals surface area contributed by atoms with Gasteiger partial charge in [-0.1, -0.05) is 83.3 Å². The standard InChI is InChI=1S/C29H53NO6/c1-5-6-7-8-9-10-11-12-13-14-15-16-17-18-19-20-21-22-23-30(24(2)27(31)32,25(3)28(33)34)26(4)29(35)36/h11-12,24-26H,5-10,13-23H2,1-4H3,(H2-,31,32,33,34,35,36)/b12-11+. The molecule has 0 aromatic heterocycles. The van der Waals surface area contributed by atoms with Gasteiger partial charge in [-0.3, -0.25) is 4.48 Å². The number of hydrogen-bond acceptors (Lipinski definition) is 4. The number of carbonyl (C=O) groups is 3. The van der Waals surface area contributed by atoms with Crippen molar-refractivity contribution < 1.29 is 34.2 Å². The lowest BCUT2D eigenvalue weighted by molar-refractivity contribution is -0.969. The molecule has 7 nitrogen and oxygen atoms in total. The molecule has 36 heavy (non-hydrogen) atoms. The highest BCUT2D eigenvalue weighted by atomic mass is 16.4. The van der Waals surface area contributed by atoms with Crippen LogP contribution in [-0.4, -0.2) is 57.3 Å². The molecule has 0 saturated heterocycles. The Morgan fingerprint density at radius 3 is 1.36 bits per heavy atom. The number of carboxylic acid groups (broad SMARTS) is 3. The van der Waals surface area contributed by atoms with Crippen molar-refractivity contribution in [3.63, 3.8) is 0 Å². The van der Waals surface area contributed by atoms with Gasteiger partial charge >= 0.3 is 11.9 Å². The van der Waals surface area contributed by atoms with Crippen molar-refractivity contribution in [3.8, 4) is 0 Å². The van der Waals surface area contributed by atoms with Crippen LogP contribution < -0.4 is 5.11 Å². The minimum atomic E-state index is -1.42. The van der Waals surface area contributed by atoms with Crippen LogP contribution in [0.5, 0.6) is 0 Å². The van der Waals surface area contributed by atoms with Gasteiger partial charge in [0.2, 0.25) is 0 Å². The summed E-state index contributed by atoms with van der Waals surface area (Å²) in [6, 6.07) is -3.56. The van der Waals surface area contributed by atoms with E-state index in [-0.39, 0.29) is 6.54 Å². The first kappa shape index (κ1) is 34.1. The summed E-state index contributed by atoms with van der Waals surface area (Å²) in [5.41, 5.74) is 0. The maximum absolute atomic E-state index is 11.8. The number of allylic oxidation sites excluding steroid dienone is 2. The minimum Gasteiger partial charge on any atom is -0.544 e. The Bertz CT molecular complexity index is 597. The summed E-state index contributed by atoms with van der Waals surface area (Å²) in [4.78, 5) is 35.2. The molecule has 3 atom stereocenters. The second-order valence-electron chi connectivity index (χ2n) is 10.4. The molecule has 0 aliphatic heterocycles. The van der Waals surface area contributed by atoms with Gasteiger partial charge in [-0.25, -0.2) is 9.59 Å². The lowest BCUT2D eigenvalue weighted by atomic mass is 10.00. The Morgan fingerprint density at radius 1 is 0.639 bits per heavy atom. The molecule has 0 heterocycles. The second kappa shape index (κ2) is 20.2. The van der Waals surface area contributed by atoms with Crippen LogP contribution in [0, 0.1) is 0 Å². The van der Waals surface area contributed by atoms with Crippen LogP contribution in [0.4, 0.5) is 0 Å². The van der Waals surface area contributed by atoms with Crippen LogP contribution in [-0.2, 0) is 14.4 Å². The van der Waals surface area contributed by atoms with E-state index in [1.807, 2.05) is 0 Å². The van der Waals surface area contributed by atoms with E-state index >= 15 is 0 Å². The fourth-order valence-corrected chi connectivity index (χ4v) is 5.18. The van der Waals surface area contributed by atoms with Gasteiger partial charge in [0, 0.05) is 0 Å². The Kier molecular flexibility index (Phi) is 19.1.